The van der Waals surface area contributed by atoms with Crippen LogP contribution in [0.4, 0.5) is 0 Å². The van der Waals surface area contributed by atoms with Crippen molar-refractivity contribution >= 4 is 21.5 Å². The van der Waals surface area contributed by atoms with E-state index in [1.54, 1.807) is 0 Å². The Labute approximate surface area is 132 Å². The number of ether oxygens (including phenoxy) is 1. The number of allylic oxidation sites excluding steroid dienone is 3. The summed E-state index contributed by atoms with van der Waals surface area (Å²) in [4.78, 5) is 0. The van der Waals surface area contributed by atoms with E-state index in [9.17, 15) is 0 Å². The van der Waals surface area contributed by atoms with Crippen molar-refractivity contribution in [2.75, 3.05) is 6.61 Å². The van der Waals surface area contributed by atoms with Crippen LogP contribution in [0.3, 0.4) is 0 Å². The summed E-state index contributed by atoms with van der Waals surface area (Å²) in [7, 11) is 0. The third-order valence-corrected chi connectivity index (χ3v) is 3.24. The molecule has 0 aliphatic carbocycles. The van der Waals surface area contributed by atoms with Crippen LogP contribution in [-0.2, 0) is 0 Å². The fourth-order valence-corrected chi connectivity index (χ4v) is 1.84. The van der Waals surface area contributed by atoms with Crippen LogP contribution in [-0.4, -0.2) is 6.61 Å². The lowest BCUT2D eigenvalue weighted by Crippen LogP contribution is -1.99. The normalized spacial score (nSPS) is 10.1. The van der Waals surface area contributed by atoms with Crippen molar-refractivity contribution in [3.8, 4) is 5.75 Å². The van der Waals surface area contributed by atoms with E-state index in [1.165, 1.54) is 12.8 Å². The summed E-state index contributed by atoms with van der Waals surface area (Å²) >= 11 is 3.46. The van der Waals surface area contributed by atoms with Gasteiger partial charge in [-0.15, -0.1) is 0 Å². The van der Waals surface area contributed by atoms with E-state index in [4.69, 9.17) is 4.74 Å². The fourth-order valence-electron chi connectivity index (χ4n) is 1.50. The van der Waals surface area contributed by atoms with Gasteiger partial charge in [0.1, 0.15) is 5.75 Å². The number of hydrogen-bond donors (Lipinski definition) is 0. The quantitative estimate of drug-likeness (QED) is 0.417. The van der Waals surface area contributed by atoms with Crippen molar-refractivity contribution < 1.29 is 4.74 Å². The Hall–Kier alpha value is -1.02. The molecule has 1 nitrogen and oxygen atoms in total. The average molecular weight is 339 g/mol. The van der Waals surface area contributed by atoms with Gasteiger partial charge < -0.3 is 4.74 Å². The average Bonchev–Trinajstić information content (AvgIpc) is 2.43. The second kappa shape index (κ2) is 11.8. The first-order chi connectivity index (χ1) is 9.56. The van der Waals surface area contributed by atoms with Crippen molar-refractivity contribution in [1.82, 2.24) is 0 Å². The first-order valence-corrected chi connectivity index (χ1v) is 8.01. The maximum absolute atomic E-state index is 5.79. The lowest BCUT2D eigenvalue weighted by molar-refractivity contribution is 0.305. The lowest BCUT2D eigenvalue weighted by Gasteiger charge is -2.11. The van der Waals surface area contributed by atoms with Crippen LogP contribution in [0.25, 0.3) is 5.57 Å². The summed E-state index contributed by atoms with van der Waals surface area (Å²) in [6.45, 7) is 12.9. The molecule has 0 atom stereocenters. The van der Waals surface area contributed by atoms with E-state index in [-0.39, 0.29) is 0 Å². The van der Waals surface area contributed by atoms with Gasteiger partial charge in [-0.1, -0.05) is 54.4 Å². The number of benzene rings is 1. The first-order valence-electron chi connectivity index (χ1n) is 7.22. The van der Waals surface area contributed by atoms with E-state index < -0.39 is 0 Å². The van der Waals surface area contributed by atoms with Crippen LogP contribution >= 0.6 is 15.9 Å². The Bertz CT molecular complexity index is 417. The molecule has 1 rings (SSSR count). The van der Waals surface area contributed by atoms with E-state index in [2.05, 4.69) is 29.4 Å². The first kappa shape index (κ1) is 19.0. The zero-order valence-corrected chi connectivity index (χ0v) is 14.8. The Balaban J connectivity index is 0.000000796. The van der Waals surface area contributed by atoms with Gasteiger partial charge in [-0.3, -0.25) is 0 Å². The van der Waals surface area contributed by atoms with Gasteiger partial charge in [-0.05, 0) is 51.0 Å². The van der Waals surface area contributed by atoms with Gasteiger partial charge in [-0.2, -0.15) is 0 Å². The maximum Gasteiger partial charge on any atom is 0.127 e. The molecular formula is C18H27BrO. The van der Waals surface area contributed by atoms with Gasteiger partial charge in [0.25, 0.3) is 0 Å². The summed E-state index contributed by atoms with van der Waals surface area (Å²) < 4.78 is 6.83. The molecule has 2 heteroatoms. The molecular weight excluding hydrogens is 312 g/mol. The molecule has 0 radical (unpaired) electrons. The molecule has 0 amide bonds. The minimum Gasteiger partial charge on any atom is -0.493 e. The fraction of sp³-hybridized carbons (Fsp3) is 0.444. The Morgan fingerprint density at radius 2 is 1.90 bits per heavy atom. The molecule has 0 saturated carbocycles. The third kappa shape index (κ3) is 8.21. The molecule has 0 N–H and O–H groups in total. The highest BCUT2D eigenvalue weighted by Gasteiger charge is 2.04. The Morgan fingerprint density at radius 3 is 2.40 bits per heavy atom. The topological polar surface area (TPSA) is 9.23 Å². The summed E-state index contributed by atoms with van der Waals surface area (Å²) in [5.41, 5.74) is 2.14. The van der Waals surface area contributed by atoms with Crippen LogP contribution < -0.4 is 4.74 Å². The monoisotopic (exact) mass is 338 g/mol. The molecule has 0 unspecified atom stereocenters. The molecule has 0 fully saturated rings. The summed E-state index contributed by atoms with van der Waals surface area (Å²) in [6.07, 6.45) is 7.55. The lowest BCUT2D eigenvalue weighted by atomic mass is 10.1. The zero-order valence-electron chi connectivity index (χ0n) is 13.2. The van der Waals surface area contributed by atoms with Gasteiger partial charge in [0.2, 0.25) is 0 Å². The van der Waals surface area contributed by atoms with Gasteiger partial charge >= 0.3 is 0 Å². The molecule has 0 aliphatic rings. The highest BCUT2D eigenvalue weighted by atomic mass is 79.9. The molecule has 0 heterocycles. The zero-order chi connectivity index (χ0) is 15.4. The minimum absolute atomic E-state index is 0.782. The highest BCUT2D eigenvalue weighted by molar-refractivity contribution is 9.10. The number of hydrogen-bond acceptors (Lipinski definition) is 1. The number of unbranched alkanes of at least 4 members (excludes halogenated alkanes) is 2. The predicted octanol–water partition coefficient (Wildman–Crippen LogP) is 6.63. The second-order valence-corrected chi connectivity index (χ2v) is 5.56. The van der Waals surface area contributed by atoms with Crippen LogP contribution in [0.15, 0.2) is 41.4 Å². The molecule has 0 aromatic heterocycles. The number of halogens is 1. The van der Waals surface area contributed by atoms with E-state index >= 15 is 0 Å². The van der Waals surface area contributed by atoms with Gasteiger partial charge in [0, 0.05) is 10.0 Å². The Morgan fingerprint density at radius 1 is 1.25 bits per heavy atom. The predicted molar refractivity (Wildman–Crippen MR) is 94.4 cm³/mol. The van der Waals surface area contributed by atoms with Crippen molar-refractivity contribution in [2.24, 2.45) is 0 Å². The van der Waals surface area contributed by atoms with Gasteiger partial charge in [0.15, 0.2) is 0 Å². The van der Waals surface area contributed by atoms with Crippen molar-refractivity contribution in [3.63, 3.8) is 0 Å². The van der Waals surface area contributed by atoms with Crippen molar-refractivity contribution in [3.05, 3.63) is 47.0 Å². The van der Waals surface area contributed by atoms with Gasteiger partial charge in [0.05, 0.1) is 6.61 Å². The number of rotatable bonds is 6. The van der Waals surface area contributed by atoms with E-state index in [1.807, 2.05) is 51.1 Å². The van der Waals surface area contributed by atoms with Crippen LogP contribution in [0.1, 0.15) is 52.5 Å². The van der Waals surface area contributed by atoms with Crippen molar-refractivity contribution in [2.45, 2.75) is 47.0 Å². The highest BCUT2D eigenvalue weighted by Crippen LogP contribution is 2.28. The summed E-state index contributed by atoms with van der Waals surface area (Å²) in [5, 5.41) is 0. The smallest absolute Gasteiger partial charge is 0.127 e. The molecule has 1 aromatic carbocycles. The van der Waals surface area contributed by atoms with Crippen LogP contribution in [0.5, 0.6) is 5.75 Å². The van der Waals surface area contributed by atoms with Gasteiger partial charge in [-0.25, -0.2) is 0 Å². The van der Waals surface area contributed by atoms with Crippen LogP contribution in [0.2, 0.25) is 0 Å². The van der Waals surface area contributed by atoms with Crippen molar-refractivity contribution in [1.29, 1.82) is 0 Å². The molecule has 0 spiro atoms. The maximum atomic E-state index is 5.79. The second-order valence-electron chi connectivity index (χ2n) is 4.64. The summed E-state index contributed by atoms with van der Waals surface area (Å²) in [5.74, 6) is 0.929. The third-order valence-electron chi connectivity index (χ3n) is 2.74. The minimum atomic E-state index is 0.782. The van der Waals surface area contributed by atoms with E-state index in [0.717, 1.165) is 34.4 Å². The molecule has 0 aliphatic heterocycles. The van der Waals surface area contributed by atoms with E-state index in [0.29, 0.717) is 0 Å². The molecule has 112 valence electrons. The standard InChI is InChI=1S/C14H19BrO.C4H8/c1-4-5-6-9-16-14-10-12(15)7-8-13(14)11(2)3;1-3-4-2/h7-8,10H,2,4-6,9H2,1,3H3;3-4H,1-2H3/b;4-3-. The summed E-state index contributed by atoms with van der Waals surface area (Å²) in [6, 6.07) is 6.07. The molecule has 0 bridgehead atoms. The SMILES string of the molecule is C/C=C\C.C=C(C)c1ccc(Br)cc1OCCCCC. The molecule has 20 heavy (non-hydrogen) atoms. The van der Waals surface area contributed by atoms with Crippen LogP contribution in [0, 0.1) is 0 Å². The largest absolute Gasteiger partial charge is 0.493 e. The molecule has 0 saturated heterocycles. The molecule has 1 aromatic rings. The Kier molecular flexibility index (Phi) is 11.2.